The lowest BCUT2D eigenvalue weighted by Crippen LogP contribution is -2.02. The summed E-state index contributed by atoms with van der Waals surface area (Å²) in [6, 6.07) is 16.7. The number of rotatable bonds is 3. The van der Waals surface area contributed by atoms with E-state index in [1.54, 1.807) is 7.11 Å². The number of hydrogen-bond acceptors (Lipinski definition) is 1. The van der Waals surface area contributed by atoms with Crippen molar-refractivity contribution < 1.29 is 4.74 Å². The minimum atomic E-state index is 0.887. The Hall–Kier alpha value is -1.96. The van der Waals surface area contributed by atoms with Gasteiger partial charge in [-0.25, -0.2) is 0 Å². The minimum absolute atomic E-state index is 0.887. The summed E-state index contributed by atoms with van der Waals surface area (Å²) < 4.78 is 5.19. The first kappa shape index (κ1) is 12.5. The molecule has 0 unspecified atom stereocenters. The Bertz CT molecular complexity index is 556. The third kappa shape index (κ3) is 2.65. The predicted molar refractivity (Wildman–Crippen MR) is 80.4 cm³/mol. The number of benzene rings is 2. The molecule has 0 aliphatic heterocycles. The second kappa shape index (κ2) is 5.59. The number of allylic oxidation sites excluding steroid dienone is 1. The van der Waals surface area contributed by atoms with Crippen molar-refractivity contribution in [3.63, 3.8) is 0 Å². The smallest absolute Gasteiger partial charge is 0.139 e. The van der Waals surface area contributed by atoms with Gasteiger partial charge in [0, 0.05) is 0 Å². The lowest BCUT2D eigenvalue weighted by atomic mass is 9.90. The Kier molecular flexibility index (Phi) is 3.88. The zero-order valence-corrected chi connectivity index (χ0v) is 11.1. The molecule has 0 spiro atoms. The Morgan fingerprint density at radius 3 is 2.33 bits per heavy atom. The molecule has 2 heteroatoms. The van der Waals surface area contributed by atoms with Gasteiger partial charge in [-0.1, -0.05) is 47.9 Å². The fourth-order valence-electron chi connectivity index (χ4n) is 2.08. The molecule has 0 bridgehead atoms. The summed E-state index contributed by atoms with van der Waals surface area (Å²) in [4.78, 5) is 0. The number of ether oxygens (including phenoxy) is 1. The molecule has 0 radical (unpaired) electrons. The Labute approximate surface area is 110 Å². The van der Waals surface area contributed by atoms with Crippen molar-refractivity contribution in [2.24, 2.45) is 0 Å². The maximum Gasteiger partial charge on any atom is 0.139 e. The maximum atomic E-state index is 5.19. The van der Waals surface area contributed by atoms with E-state index in [0.29, 0.717) is 0 Å². The molecular formula is C16H17BO. The number of methoxy groups -OCH3 is 1. The first-order chi connectivity index (χ1) is 8.74. The van der Waals surface area contributed by atoms with E-state index < -0.39 is 0 Å². The van der Waals surface area contributed by atoms with E-state index in [-0.39, 0.29) is 0 Å². The molecule has 0 aliphatic rings. The Morgan fingerprint density at radius 2 is 1.78 bits per heavy atom. The molecule has 0 fully saturated rings. The van der Waals surface area contributed by atoms with Gasteiger partial charge < -0.3 is 4.74 Å². The summed E-state index contributed by atoms with van der Waals surface area (Å²) in [5.74, 6) is 0.887. The van der Waals surface area contributed by atoms with Crippen LogP contribution < -0.4 is 10.2 Å². The molecular weight excluding hydrogens is 219 g/mol. The van der Waals surface area contributed by atoms with Gasteiger partial charge in [-0.2, -0.15) is 0 Å². The summed E-state index contributed by atoms with van der Waals surface area (Å²) in [5.41, 5.74) is 4.99. The van der Waals surface area contributed by atoms with Gasteiger partial charge in [0.1, 0.15) is 13.6 Å². The lowest BCUT2D eigenvalue weighted by molar-refractivity contribution is 0.415. The standard InChI is InChI=1S/C16H17BO/c1-3-16(13-5-4-6-14(17)11-13)12-7-9-15(18-2)10-8-12/h3-11H,17H2,1-2H3/b16-3+. The monoisotopic (exact) mass is 236 g/mol. The van der Waals surface area contributed by atoms with Gasteiger partial charge in [0.05, 0.1) is 7.11 Å². The highest BCUT2D eigenvalue weighted by atomic mass is 16.5. The first-order valence-electron chi connectivity index (χ1n) is 6.12. The van der Waals surface area contributed by atoms with Crippen molar-refractivity contribution in [3.8, 4) is 5.75 Å². The third-order valence-electron chi connectivity index (χ3n) is 3.02. The van der Waals surface area contributed by atoms with Gasteiger partial charge in [-0.3, -0.25) is 0 Å². The zero-order chi connectivity index (χ0) is 13.0. The topological polar surface area (TPSA) is 9.23 Å². The van der Waals surface area contributed by atoms with Crippen molar-refractivity contribution in [1.82, 2.24) is 0 Å². The van der Waals surface area contributed by atoms with Crippen LogP contribution in [0.2, 0.25) is 0 Å². The molecule has 0 N–H and O–H groups in total. The molecule has 18 heavy (non-hydrogen) atoms. The van der Waals surface area contributed by atoms with Crippen LogP contribution in [0.5, 0.6) is 5.75 Å². The second-order valence-corrected chi connectivity index (χ2v) is 4.30. The van der Waals surface area contributed by atoms with Crippen LogP contribution in [0.1, 0.15) is 18.1 Å². The van der Waals surface area contributed by atoms with E-state index in [2.05, 4.69) is 57.2 Å². The van der Waals surface area contributed by atoms with Crippen LogP contribution in [0.15, 0.2) is 54.6 Å². The largest absolute Gasteiger partial charge is 0.497 e. The minimum Gasteiger partial charge on any atom is -0.497 e. The fourth-order valence-corrected chi connectivity index (χ4v) is 2.08. The van der Waals surface area contributed by atoms with E-state index in [1.165, 1.54) is 22.2 Å². The molecule has 0 saturated carbocycles. The van der Waals surface area contributed by atoms with Crippen molar-refractivity contribution in [1.29, 1.82) is 0 Å². The van der Waals surface area contributed by atoms with E-state index in [9.17, 15) is 0 Å². The van der Waals surface area contributed by atoms with Crippen LogP contribution in [0.4, 0.5) is 0 Å². The molecule has 0 saturated heterocycles. The van der Waals surface area contributed by atoms with Gasteiger partial charge in [0.2, 0.25) is 0 Å². The normalized spacial score (nSPS) is 11.3. The summed E-state index contributed by atoms with van der Waals surface area (Å²) in [7, 11) is 3.80. The Balaban J connectivity index is 2.39. The average molecular weight is 236 g/mol. The SMILES string of the molecule is Bc1cccc(/C(=C/C)c2ccc(OC)cc2)c1. The zero-order valence-electron chi connectivity index (χ0n) is 11.1. The molecule has 2 aromatic rings. The highest BCUT2D eigenvalue weighted by Gasteiger charge is 2.04. The fraction of sp³-hybridized carbons (Fsp3) is 0.125. The van der Waals surface area contributed by atoms with Crippen molar-refractivity contribution >= 4 is 18.9 Å². The van der Waals surface area contributed by atoms with Gasteiger partial charge in [-0.15, -0.1) is 0 Å². The quantitative estimate of drug-likeness (QED) is 0.743. The average Bonchev–Trinajstić information content (AvgIpc) is 2.40. The van der Waals surface area contributed by atoms with Crippen LogP contribution in [0.25, 0.3) is 5.57 Å². The Morgan fingerprint density at radius 1 is 1.06 bits per heavy atom. The van der Waals surface area contributed by atoms with Gasteiger partial charge in [0.25, 0.3) is 0 Å². The van der Waals surface area contributed by atoms with Crippen LogP contribution in [-0.2, 0) is 0 Å². The molecule has 90 valence electrons. The first-order valence-corrected chi connectivity index (χ1v) is 6.12. The molecule has 0 heterocycles. The van der Waals surface area contributed by atoms with Crippen molar-refractivity contribution in [2.75, 3.05) is 7.11 Å². The highest BCUT2D eigenvalue weighted by molar-refractivity contribution is 6.32. The summed E-state index contributed by atoms with van der Waals surface area (Å²) in [6.07, 6.45) is 2.15. The molecule has 2 aromatic carbocycles. The second-order valence-electron chi connectivity index (χ2n) is 4.30. The lowest BCUT2D eigenvalue weighted by Gasteiger charge is -2.09. The van der Waals surface area contributed by atoms with E-state index in [1.807, 2.05) is 12.1 Å². The van der Waals surface area contributed by atoms with Crippen LogP contribution in [-0.4, -0.2) is 15.0 Å². The van der Waals surface area contributed by atoms with Gasteiger partial charge >= 0.3 is 0 Å². The van der Waals surface area contributed by atoms with Crippen LogP contribution in [0, 0.1) is 0 Å². The van der Waals surface area contributed by atoms with E-state index in [4.69, 9.17) is 4.74 Å². The van der Waals surface area contributed by atoms with Gasteiger partial charge in [0.15, 0.2) is 0 Å². The molecule has 0 amide bonds. The highest BCUT2D eigenvalue weighted by Crippen LogP contribution is 2.24. The van der Waals surface area contributed by atoms with Crippen LogP contribution in [0.3, 0.4) is 0 Å². The molecule has 1 nitrogen and oxygen atoms in total. The summed E-state index contributed by atoms with van der Waals surface area (Å²) in [5, 5.41) is 0. The summed E-state index contributed by atoms with van der Waals surface area (Å²) in [6.45, 7) is 2.07. The van der Waals surface area contributed by atoms with Crippen molar-refractivity contribution in [3.05, 3.63) is 65.7 Å². The van der Waals surface area contributed by atoms with Gasteiger partial charge in [-0.05, 0) is 35.8 Å². The molecule has 2 rings (SSSR count). The maximum absolute atomic E-state index is 5.19. The summed E-state index contributed by atoms with van der Waals surface area (Å²) >= 11 is 0. The van der Waals surface area contributed by atoms with E-state index >= 15 is 0 Å². The molecule has 0 aliphatic carbocycles. The number of hydrogen-bond donors (Lipinski definition) is 0. The van der Waals surface area contributed by atoms with Crippen LogP contribution >= 0.6 is 0 Å². The molecule has 0 atom stereocenters. The molecule has 0 aromatic heterocycles. The third-order valence-corrected chi connectivity index (χ3v) is 3.02. The van der Waals surface area contributed by atoms with Crippen molar-refractivity contribution in [2.45, 2.75) is 6.92 Å². The predicted octanol–water partition coefficient (Wildman–Crippen LogP) is 2.41. The van der Waals surface area contributed by atoms with E-state index in [0.717, 1.165) is 5.75 Å².